The first kappa shape index (κ1) is 19.6. The van der Waals surface area contributed by atoms with E-state index in [4.69, 9.17) is 4.42 Å². The van der Waals surface area contributed by atoms with Gasteiger partial charge in [0.1, 0.15) is 17.5 Å². The number of anilines is 4. The summed E-state index contributed by atoms with van der Waals surface area (Å²) >= 11 is 0. The van der Waals surface area contributed by atoms with Crippen LogP contribution in [0.3, 0.4) is 0 Å². The molecule has 0 saturated carbocycles. The fourth-order valence-electron chi connectivity index (χ4n) is 3.06. The minimum absolute atomic E-state index is 0.0437. The molecule has 5 aromatic rings. The van der Waals surface area contributed by atoms with Crippen LogP contribution in [0.4, 0.5) is 36.2 Å². The number of nitrogens with one attached hydrogen (secondary N) is 2. The molecule has 0 unspecified atom stereocenters. The maximum Gasteiger partial charge on any atom is 0.268 e. The second-order valence-electron chi connectivity index (χ2n) is 6.79. The predicted molar refractivity (Wildman–Crippen MR) is 114 cm³/mol. The van der Waals surface area contributed by atoms with Gasteiger partial charge < -0.3 is 15.1 Å². The Balaban J connectivity index is 1.62. The third-order valence-corrected chi connectivity index (χ3v) is 4.57. The molecule has 2 heterocycles. The van der Waals surface area contributed by atoms with Crippen molar-refractivity contribution >= 4 is 34.4 Å². The Morgan fingerprint density at radius 2 is 1.28 bits per heavy atom. The van der Waals surface area contributed by atoms with Crippen molar-refractivity contribution in [2.45, 2.75) is 0 Å². The lowest BCUT2D eigenvalue weighted by Gasteiger charge is -2.12. The average molecular weight is 433 g/mol. The van der Waals surface area contributed by atoms with Crippen LogP contribution in [0.5, 0.6) is 0 Å². The molecule has 0 atom stereocenters. The zero-order valence-electron chi connectivity index (χ0n) is 16.3. The molecule has 0 saturated heterocycles. The molecule has 6 nitrogen and oxygen atoms in total. The standard InChI is InChI=1S/C23H14F3N5O/c24-14-7-5-6-13(12-14)22-31-21-23(32-22)30-20(28-18-11-4-2-9-16(18)26)19(29-21)27-17-10-3-1-8-15(17)25/h1-12H,(H,27,29)(H,28,30). The van der Waals surface area contributed by atoms with Crippen molar-refractivity contribution in [3.8, 4) is 11.5 Å². The molecule has 2 aromatic heterocycles. The van der Waals surface area contributed by atoms with Crippen LogP contribution in [0, 0.1) is 17.5 Å². The first-order chi connectivity index (χ1) is 15.6. The Bertz CT molecular complexity index is 1350. The molecule has 0 amide bonds. The van der Waals surface area contributed by atoms with E-state index in [0.717, 1.165) is 0 Å². The van der Waals surface area contributed by atoms with Crippen LogP contribution < -0.4 is 10.6 Å². The lowest BCUT2D eigenvalue weighted by Crippen LogP contribution is -2.04. The Morgan fingerprint density at radius 3 is 1.91 bits per heavy atom. The summed E-state index contributed by atoms with van der Waals surface area (Å²) in [5.41, 5.74) is 0.843. The van der Waals surface area contributed by atoms with Crippen LogP contribution in [-0.2, 0) is 0 Å². The number of rotatable bonds is 5. The number of nitrogens with zero attached hydrogens (tertiary/aromatic N) is 3. The van der Waals surface area contributed by atoms with Crippen molar-refractivity contribution in [1.82, 2.24) is 15.0 Å². The summed E-state index contributed by atoms with van der Waals surface area (Å²) < 4.78 is 47.7. The van der Waals surface area contributed by atoms with Gasteiger partial charge in [0.25, 0.3) is 5.71 Å². The Hall–Kier alpha value is -4.40. The molecule has 3 aromatic carbocycles. The number of aromatic nitrogens is 3. The number of fused-ring (bicyclic) bond motifs is 1. The smallest absolute Gasteiger partial charge is 0.268 e. The summed E-state index contributed by atoms with van der Waals surface area (Å²) in [6, 6.07) is 17.7. The molecule has 0 aliphatic heterocycles. The molecule has 0 spiro atoms. The fourth-order valence-corrected chi connectivity index (χ4v) is 3.06. The highest BCUT2D eigenvalue weighted by molar-refractivity contribution is 5.80. The summed E-state index contributed by atoms with van der Waals surface area (Å²) in [6.07, 6.45) is 0. The van der Waals surface area contributed by atoms with Crippen molar-refractivity contribution < 1.29 is 17.6 Å². The normalized spacial score (nSPS) is 11.0. The lowest BCUT2D eigenvalue weighted by molar-refractivity contribution is 0.602. The Labute approximate surface area is 179 Å². The van der Waals surface area contributed by atoms with Crippen molar-refractivity contribution in [3.05, 3.63) is 90.2 Å². The second kappa shape index (κ2) is 8.03. The van der Waals surface area contributed by atoms with Crippen LogP contribution in [0.1, 0.15) is 0 Å². The highest BCUT2D eigenvalue weighted by atomic mass is 19.1. The number of benzene rings is 3. The van der Waals surface area contributed by atoms with Crippen molar-refractivity contribution in [3.63, 3.8) is 0 Å². The van der Waals surface area contributed by atoms with Gasteiger partial charge in [0, 0.05) is 5.56 Å². The van der Waals surface area contributed by atoms with Gasteiger partial charge in [0.05, 0.1) is 11.4 Å². The molecule has 0 bridgehead atoms. The predicted octanol–water partition coefficient (Wildman–Crippen LogP) is 6.19. The van der Waals surface area contributed by atoms with Crippen LogP contribution in [-0.4, -0.2) is 15.0 Å². The van der Waals surface area contributed by atoms with E-state index in [-0.39, 0.29) is 40.3 Å². The molecular formula is C23H14F3N5O. The summed E-state index contributed by atoms with van der Waals surface area (Å²) in [6.45, 7) is 0. The molecule has 158 valence electrons. The quantitative estimate of drug-likeness (QED) is 0.344. The number of halogens is 3. The van der Waals surface area contributed by atoms with Gasteiger partial charge >= 0.3 is 0 Å². The van der Waals surface area contributed by atoms with Gasteiger partial charge in [-0.15, -0.1) is 0 Å². The largest absolute Gasteiger partial charge is 0.416 e. The van der Waals surface area contributed by atoms with Gasteiger partial charge in [-0.3, -0.25) is 0 Å². The highest BCUT2D eigenvalue weighted by Crippen LogP contribution is 2.31. The first-order valence-corrected chi connectivity index (χ1v) is 9.54. The third-order valence-electron chi connectivity index (χ3n) is 4.57. The van der Waals surface area contributed by atoms with E-state index in [0.29, 0.717) is 5.56 Å². The minimum atomic E-state index is -0.510. The van der Waals surface area contributed by atoms with Gasteiger partial charge in [0.15, 0.2) is 11.6 Å². The monoisotopic (exact) mass is 433 g/mol. The fraction of sp³-hybridized carbons (Fsp3) is 0. The van der Waals surface area contributed by atoms with Gasteiger partial charge in [-0.2, -0.15) is 9.97 Å². The Kier molecular flexibility index (Phi) is 4.91. The molecule has 5 rings (SSSR count). The Morgan fingerprint density at radius 1 is 0.656 bits per heavy atom. The number of hydrogen-bond acceptors (Lipinski definition) is 6. The van der Waals surface area contributed by atoms with E-state index in [2.05, 4.69) is 25.6 Å². The minimum Gasteiger partial charge on any atom is -0.416 e. The number of para-hydroxylation sites is 2. The van der Waals surface area contributed by atoms with Crippen LogP contribution >= 0.6 is 0 Å². The molecule has 0 radical (unpaired) electrons. The van der Waals surface area contributed by atoms with Crippen molar-refractivity contribution in [2.24, 2.45) is 0 Å². The molecule has 9 heteroatoms. The van der Waals surface area contributed by atoms with E-state index >= 15 is 0 Å². The van der Waals surface area contributed by atoms with Crippen molar-refractivity contribution in [2.75, 3.05) is 10.6 Å². The van der Waals surface area contributed by atoms with Gasteiger partial charge in [-0.1, -0.05) is 30.3 Å². The summed E-state index contributed by atoms with van der Waals surface area (Å²) in [4.78, 5) is 13.0. The molecular weight excluding hydrogens is 419 g/mol. The van der Waals surface area contributed by atoms with Crippen LogP contribution in [0.25, 0.3) is 22.8 Å². The van der Waals surface area contributed by atoms with Gasteiger partial charge in [0.2, 0.25) is 11.5 Å². The summed E-state index contributed by atoms with van der Waals surface area (Å²) in [5, 5.41) is 5.71. The van der Waals surface area contributed by atoms with Gasteiger partial charge in [-0.05, 0) is 42.5 Å². The average Bonchev–Trinajstić information content (AvgIpc) is 3.20. The molecule has 32 heavy (non-hydrogen) atoms. The van der Waals surface area contributed by atoms with E-state index in [1.807, 2.05) is 0 Å². The van der Waals surface area contributed by atoms with Crippen LogP contribution in [0.2, 0.25) is 0 Å². The highest BCUT2D eigenvalue weighted by Gasteiger charge is 2.18. The maximum atomic E-state index is 14.2. The van der Waals surface area contributed by atoms with E-state index < -0.39 is 17.5 Å². The summed E-state index contributed by atoms with van der Waals surface area (Å²) in [7, 11) is 0. The number of hydrogen-bond donors (Lipinski definition) is 2. The second-order valence-corrected chi connectivity index (χ2v) is 6.79. The molecule has 0 aliphatic rings. The zero-order chi connectivity index (χ0) is 22.1. The topological polar surface area (TPSA) is 75.9 Å². The summed E-state index contributed by atoms with van der Waals surface area (Å²) in [5.74, 6) is -1.16. The van der Waals surface area contributed by atoms with Gasteiger partial charge in [-0.25, -0.2) is 18.2 Å². The molecule has 2 N–H and O–H groups in total. The lowest BCUT2D eigenvalue weighted by atomic mass is 10.2. The molecule has 0 fully saturated rings. The SMILES string of the molecule is Fc1cccc(-c2nc3nc(Nc4ccccc4F)c(Nc4ccccc4F)nc3o2)c1. The van der Waals surface area contributed by atoms with E-state index in [1.165, 1.54) is 42.5 Å². The molecule has 0 aliphatic carbocycles. The van der Waals surface area contributed by atoms with Crippen molar-refractivity contribution in [1.29, 1.82) is 0 Å². The maximum absolute atomic E-state index is 14.2. The van der Waals surface area contributed by atoms with E-state index in [9.17, 15) is 13.2 Å². The van der Waals surface area contributed by atoms with E-state index in [1.54, 1.807) is 30.3 Å². The zero-order valence-corrected chi connectivity index (χ0v) is 16.3. The number of oxazole rings is 1. The third kappa shape index (κ3) is 3.83. The van der Waals surface area contributed by atoms with Crippen LogP contribution in [0.15, 0.2) is 77.2 Å². The first-order valence-electron chi connectivity index (χ1n) is 9.54.